The molecule has 3 heteroatoms. The fourth-order valence-electron chi connectivity index (χ4n) is 0.978. The Hall–Kier alpha value is -0.560. The summed E-state index contributed by atoms with van der Waals surface area (Å²) in [5, 5.41) is 9.15. The fourth-order valence-corrected chi connectivity index (χ4v) is 0.978. The van der Waals surface area contributed by atoms with Gasteiger partial charge in [0.05, 0.1) is 6.61 Å². The Labute approximate surface area is 66.3 Å². The number of aliphatic hydroxyl groups excluding tert-OH is 1. The van der Waals surface area contributed by atoms with Crippen LogP contribution in [0.3, 0.4) is 0 Å². The Morgan fingerprint density at radius 3 is 2.73 bits per heavy atom. The summed E-state index contributed by atoms with van der Waals surface area (Å²) in [6.07, 6.45) is 3.76. The highest BCUT2D eigenvalue weighted by molar-refractivity contribution is 4.99. The molecule has 0 aliphatic carbocycles. The van der Waals surface area contributed by atoms with Crippen LogP contribution in [0.2, 0.25) is 0 Å². The van der Waals surface area contributed by atoms with Crippen LogP contribution in [0.4, 0.5) is 0 Å². The van der Waals surface area contributed by atoms with Gasteiger partial charge in [-0.3, -0.25) is 0 Å². The van der Waals surface area contributed by atoms with Gasteiger partial charge in [0.1, 0.15) is 12.2 Å². The first-order chi connectivity index (χ1) is 5.05. The summed E-state index contributed by atoms with van der Waals surface area (Å²) in [6.45, 7) is 3.94. The van der Waals surface area contributed by atoms with Gasteiger partial charge in [0.2, 0.25) is 0 Å². The molecule has 11 heavy (non-hydrogen) atoms. The molecule has 0 amide bonds. The van der Waals surface area contributed by atoms with Crippen LogP contribution in [-0.4, -0.2) is 29.7 Å². The Bertz CT molecular complexity index is 180. The van der Waals surface area contributed by atoms with E-state index in [4.69, 9.17) is 21.0 Å². The molecule has 0 aromatic carbocycles. The molecule has 1 rings (SSSR count). The molecular weight excluding hydrogens is 144 g/mol. The van der Waals surface area contributed by atoms with Crippen LogP contribution in [0.1, 0.15) is 13.8 Å². The average Bonchev–Trinajstić information content (AvgIpc) is 2.29. The molecule has 3 nitrogen and oxygen atoms in total. The number of hydrogen-bond donors (Lipinski definition) is 1. The zero-order valence-corrected chi connectivity index (χ0v) is 6.70. The van der Waals surface area contributed by atoms with Crippen molar-refractivity contribution in [3.63, 3.8) is 0 Å². The largest absolute Gasteiger partial charge is 0.378 e. The van der Waals surface area contributed by atoms with Crippen LogP contribution < -0.4 is 0 Å². The molecule has 1 heterocycles. The molecule has 0 spiro atoms. The van der Waals surface area contributed by atoms with Crippen LogP contribution in [0.5, 0.6) is 0 Å². The Balaban J connectivity index is 2.50. The molecule has 1 N–H and O–H groups in total. The molecule has 0 radical (unpaired) electrons. The number of rotatable bonds is 1. The Kier molecular flexibility index (Phi) is 2.19. The molecule has 2 atom stereocenters. The molecule has 0 bridgehead atoms. The topological polar surface area (TPSA) is 38.7 Å². The highest BCUT2D eigenvalue weighted by Gasteiger charge is 2.35. The third-order valence-corrected chi connectivity index (χ3v) is 1.55. The van der Waals surface area contributed by atoms with Crippen molar-refractivity contribution >= 4 is 0 Å². The molecule has 1 fully saturated rings. The van der Waals surface area contributed by atoms with E-state index in [1.54, 1.807) is 13.8 Å². The Morgan fingerprint density at radius 1 is 1.73 bits per heavy atom. The van der Waals surface area contributed by atoms with Crippen molar-refractivity contribution < 1.29 is 14.6 Å². The highest BCUT2D eigenvalue weighted by atomic mass is 16.7. The fraction of sp³-hybridized carbons (Fsp3) is 0.750. The Morgan fingerprint density at radius 2 is 2.36 bits per heavy atom. The summed E-state index contributed by atoms with van der Waals surface area (Å²) < 4.78 is 10.5. The number of terminal acetylenes is 1. The lowest BCUT2D eigenvalue weighted by Gasteiger charge is -2.17. The number of hydrogen-bond acceptors (Lipinski definition) is 3. The lowest BCUT2D eigenvalue weighted by atomic mass is 10.2. The van der Waals surface area contributed by atoms with Crippen LogP contribution >= 0.6 is 0 Å². The second-order valence-electron chi connectivity index (χ2n) is 2.98. The minimum atomic E-state index is -0.864. The first-order valence-electron chi connectivity index (χ1n) is 3.51. The van der Waals surface area contributed by atoms with Crippen molar-refractivity contribution in [2.24, 2.45) is 0 Å². The molecule has 1 saturated heterocycles. The molecule has 0 unspecified atom stereocenters. The first-order valence-corrected chi connectivity index (χ1v) is 3.51. The molecule has 0 aromatic rings. The van der Waals surface area contributed by atoms with Gasteiger partial charge in [-0.05, 0) is 13.8 Å². The lowest BCUT2D eigenvalue weighted by molar-refractivity contribution is -0.146. The minimum absolute atomic E-state index is 0.359. The van der Waals surface area contributed by atoms with E-state index in [1.807, 2.05) is 0 Å². The predicted octanol–water partition coefficient (Wildman–Crippen LogP) is 0.132. The summed E-state index contributed by atoms with van der Waals surface area (Å²) in [5.41, 5.74) is 0. The molecule has 0 saturated carbocycles. The summed E-state index contributed by atoms with van der Waals surface area (Å²) >= 11 is 0. The van der Waals surface area contributed by atoms with Gasteiger partial charge in [-0.1, -0.05) is 5.92 Å². The SMILES string of the molecule is C#C[C@H](O)[C@@H]1COC(C)(C)O1. The van der Waals surface area contributed by atoms with Gasteiger partial charge in [0.25, 0.3) is 0 Å². The van der Waals surface area contributed by atoms with Crippen molar-refractivity contribution in [2.45, 2.75) is 31.8 Å². The van der Waals surface area contributed by atoms with E-state index in [-0.39, 0.29) is 6.10 Å². The van der Waals surface area contributed by atoms with Crippen LogP contribution in [-0.2, 0) is 9.47 Å². The van der Waals surface area contributed by atoms with Gasteiger partial charge in [0.15, 0.2) is 5.79 Å². The van der Waals surface area contributed by atoms with E-state index in [9.17, 15) is 0 Å². The lowest BCUT2D eigenvalue weighted by Crippen LogP contribution is -2.29. The van der Waals surface area contributed by atoms with E-state index >= 15 is 0 Å². The van der Waals surface area contributed by atoms with Crippen LogP contribution in [0.15, 0.2) is 0 Å². The maximum absolute atomic E-state index is 9.15. The second-order valence-corrected chi connectivity index (χ2v) is 2.98. The zero-order chi connectivity index (χ0) is 8.48. The monoisotopic (exact) mass is 156 g/mol. The molecule has 1 aliphatic heterocycles. The van der Waals surface area contributed by atoms with Crippen LogP contribution in [0.25, 0.3) is 0 Å². The molecular formula is C8H12O3. The van der Waals surface area contributed by atoms with Gasteiger partial charge in [-0.2, -0.15) is 0 Å². The van der Waals surface area contributed by atoms with Crippen molar-refractivity contribution in [1.29, 1.82) is 0 Å². The summed E-state index contributed by atoms with van der Waals surface area (Å²) in [6, 6.07) is 0. The van der Waals surface area contributed by atoms with Gasteiger partial charge >= 0.3 is 0 Å². The van der Waals surface area contributed by atoms with Crippen molar-refractivity contribution in [1.82, 2.24) is 0 Å². The predicted molar refractivity (Wildman–Crippen MR) is 39.7 cm³/mol. The highest BCUT2D eigenvalue weighted by Crippen LogP contribution is 2.23. The van der Waals surface area contributed by atoms with E-state index in [0.717, 1.165) is 0 Å². The maximum atomic E-state index is 9.15. The third kappa shape index (κ3) is 1.93. The standard InChI is InChI=1S/C8H12O3/c1-4-6(9)7-5-10-8(2,3)11-7/h1,6-7,9H,5H2,2-3H3/t6-,7-/m0/s1. The van der Waals surface area contributed by atoms with E-state index in [1.165, 1.54) is 0 Å². The van der Waals surface area contributed by atoms with Gasteiger partial charge < -0.3 is 14.6 Å². The number of ether oxygens (including phenoxy) is 2. The van der Waals surface area contributed by atoms with Gasteiger partial charge in [0, 0.05) is 0 Å². The van der Waals surface area contributed by atoms with E-state index < -0.39 is 11.9 Å². The van der Waals surface area contributed by atoms with Crippen molar-refractivity contribution in [3.8, 4) is 12.3 Å². The van der Waals surface area contributed by atoms with Gasteiger partial charge in [-0.15, -0.1) is 6.42 Å². The quantitative estimate of drug-likeness (QED) is 0.548. The van der Waals surface area contributed by atoms with E-state index in [0.29, 0.717) is 6.61 Å². The van der Waals surface area contributed by atoms with Crippen molar-refractivity contribution in [3.05, 3.63) is 0 Å². The normalized spacial score (nSPS) is 31.3. The minimum Gasteiger partial charge on any atom is -0.378 e. The first kappa shape index (κ1) is 8.54. The average molecular weight is 156 g/mol. The molecule has 62 valence electrons. The smallest absolute Gasteiger partial charge is 0.163 e. The molecule has 0 aromatic heterocycles. The van der Waals surface area contributed by atoms with Crippen LogP contribution in [0, 0.1) is 12.3 Å². The third-order valence-electron chi connectivity index (χ3n) is 1.55. The maximum Gasteiger partial charge on any atom is 0.163 e. The second kappa shape index (κ2) is 2.82. The van der Waals surface area contributed by atoms with Crippen molar-refractivity contribution in [2.75, 3.05) is 6.61 Å². The summed E-state index contributed by atoms with van der Waals surface area (Å²) in [7, 11) is 0. The summed E-state index contributed by atoms with van der Waals surface area (Å²) in [4.78, 5) is 0. The van der Waals surface area contributed by atoms with Gasteiger partial charge in [-0.25, -0.2) is 0 Å². The van der Waals surface area contributed by atoms with E-state index in [2.05, 4.69) is 5.92 Å². The number of aliphatic hydroxyl groups is 1. The molecule has 1 aliphatic rings. The summed E-state index contributed by atoms with van der Waals surface area (Å²) in [5.74, 6) is 1.59. The zero-order valence-electron chi connectivity index (χ0n) is 6.70.